The molecule has 1 aliphatic heterocycles. The van der Waals surface area contributed by atoms with Crippen LogP contribution < -0.4 is 14.8 Å². The zero-order chi connectivity index (χ0) is 13.3. The van der Waals surface area contributed by atoms with E-state index < -0.39 is 6.10 Å². The minimum absolute atomic E-state index is 0.195. The number of ether oxygens (including phenoxy) is 2. The van der Waals surface area contributed by atoms with E-state index in [9.17, 15) is 5.11 Å². The number of hydrogen-bond acceptors (Lipinski definition) is 4. The Hall–Kier alpha value is -0.970. The summed E-state index contributed by atoms with van der Waals surface area (Å²) in [5.41, 5.74) is 1.66. The van der Waals surface area contributed by atoms with Crippen LogP contribution in [-0.2, 0) is 0 Å². The molecule has 1 unspecified atom stereocenters. The molecule has 1 heterocycles. The number of halogens is 1. The topological polar surface area (TPSA) is 50.7 Å². The van der Waals surface area contributed by atoms with Gasteiger partial charge in [-0.15, -0.1) is 0 Å². The SMILES string of the molecule is CNCC(O)c1c(Cl)cc2c(c1C(C)C)OCO2. The minimum atomic E-state index is -0.658. The van der Waals surface area contributed by atoms with E-state index in [1.54, 1.807) is 13.1 Å². The molecule has 0 bridgehead atoms. The van der Waals surface area contributed by atoms with Crippen LogP contribution in [0.2, 0.25) is 5.02 Å². The molecular weight excluding hydrogens is 254 g/mol. The van der Waals surface area contributed by atoms with Gasteiger partial charge in [0.15, 0.2) is 11.5 Å². The van der Waals surface area contributed by atoms with Gasteiger partial charge in [0, 0.05) is 23.7 Å². The van der Waals surface area contributed by atoms with E-state index in [1.807, 2.05) is 13.8 Å². The normalized spacial score (nSPS) is 15.2. The molecule has 0 aromatic heterocycles. The standard InChI is InChI=1S/C13H18ClNO3/c1-7(2)11-12(9(16)5-15-3)8(14)4-10-13(11)18-6-17-10/h4,7,9,15-16H,5-6H2,1-3H3. The van der Waals surface area contributed by atoms with Gasteiger partial charge in [0.25, 0.3) is 0 Å². The Balaban J connectivity index is 2.56. The quantitative estimate of drug-likeness (QED) is 0.883. The smallest absolute Gasteiger partial charge is 0.231 e. The molecule has 1 aliphatic rings. The second-order valence-corrected chi connectivity index (χ2v) is 5.05. The van der Waals surface area contributed by atoms with E-state index in [-0.39, 0.29) is 12.7 Å². The van der Waals surface area contributed by atoms with E-state index >= 15 is 0 Å². The first-order valence-corrected chi connectivity index (χ1v) is 6.38. The molecule has 2 rings (SSSR count). The Bertz CT molecular complexity index is 448. The van der Waals surface area contributed by atoms with Crippen LogP contribution in [0.3, 0.4) is 0 Å². The maximum absolute atomic E-state index is 10.2. The van der Waals surface area contributed by atoms with Gasteiger partial charge in [-0.25, -0.2) is 0 Å². The van der Waals surface area contributed by atoms with Crippen LogP contribution in [0.4, 0.5) is 0 Å². The van der Waals surface area contributed by atoms with Crippen molar-refractivity contribution >= 4 is 11.6 Å². The van der Waals surface area contributed by atoms with Crippen LogP contribution in [0.15, 0.2) is 6.07 Å². The average molecular weight is 272 g/mol. The lowest BCUT2D eigenvalue weighted by Gasteiger charge is -2.21. The number of benzene rings is 1. The molecular formula is C13H18ClNO3. The minimum Gasteiger partial charge on any atom is -0.454 e. The third-order valence-corrected chi connectivity index (χ3v) is 3.31. The molecule has 0 fully saturated rings. The molecule has 2 N–H and O–H groups in total. The molecule has 100 valence electrons. The fourth-order valence-corrected chi connectivity index (χ4v) is 2.58. The Morgan fingerprint density at radius 3 is 2.72 bits per heavy atom. The van der Waals surface area contributed by atoms with Crippen LogP contribution in [0, 0.1) is 0 Å². The first kappa shape index (κ1) is 13.5. The maximum atomic E-state index is 10.2. The maximum Gasteiger partial charge on any atom is 0.231 e. The van der Waals surface area contributed by atoms with Crippen LogP contribution >= 0.6 is 11.6 Å². The van der Waals surface area contributed by atoms with Crippen molar-refractivity contribution in [3.63, 3.8) is 0 Å². The van der Waals surface area contributed by atoms with E-state index in [2.05, 4.69) is 5.32 Å². The van der Waals surface area contributed by atoms with Crippen molar-refractivity contribution in [1.29, 1.82) is 0 Å². The fraction of sp³-hybridized carbons (Fsp3) is 0.538. The van der Waals surface area contributed by atoms with E-state index in [1.165, 1.54) is 0 Å². The number of nitrogens with one attached hydrogen (secondary N) is 1. The fourth-order valence-electron chi connectivity index (χ4n) is 2.26. The molecule has 1 aromatic rings. The van der Waals surface area contributed by atoms with Crippen molar-refractivity contribution in [2.24, 2.45) is 0 Å². The van der Waals surface area contributed by atoms with Crippen LogP contribution in [0.5, 0.6) is 11.5 Å². The van der Waals surface area contributed by atoms with Crippen molar-refractivity contribution in [2.75, 3.05) is 20.4 Å². The zero-order valence-electron chi connectivity index (χ0n) is 10.8. The molecule has 18 heavy (non-hydrogen) atoms. The van der Waals surface area contributed by atoms with Gasteiger partial charge in [0.2, 0.25) is 6.79 Å². The van der Waals surface area contributed by atoms with Gasteiger partial charge in [0.05, 0.1) is 11.1 Å². The highest BCUT2D eigenvalue weighted by Gasteiger charge is 2.28. The number of likely N-dealkylation sites (N-methyl/N-ethyl adjacent to an activating group) is 1. The Morgan fingerprint density at radius 2 is 2.11 bits per heavy atom. The largest absolute Gasteiger partial charge is 0.454 e. The van der Waals surface area contributed by atoms with Crippen molar-refractivity contribution in [1.82, 2.24) is 5.32 Å². The Morgan fingerprint density at radius 1 is 1.39 bits per heavy atom. The molecule has 0 aliphatic carbocycles. The molecule has 0 radical (unpaired) electrons. The molecule has 0 spiro atoms. The summed E-state index contributed by atoms with van der Waals surface area (Å²) in [6.07, 6.45) is -0.658. The van der Waals surface area contributed by atoms with Gasteiger partial charge in [0.1, 0.15) is 0 Å². The third kappa shape index (κ3) is 2.28. The first-order valence-electron chi connectivity index (χ1n) is 6.00. The summed E-state index contributed by atoms with van der Waals surface area (Å²) in [6.45, 7) is 4.74. The van der Waals surface area contributed by atoms with Gasteiger partial charge in [-0.1, -0.05) is 25.4 Å². The van der Waals surface area contributed by atoms with Gasteiger partial charge in [-0.3, -0.25) is 0 Å². The number of hydrogen-bond donors (Lipinski definition) is 2. The predicted molar refractivity (Wildman–Crippen MR) is 70.6 cm³/mol. The molecule has 0 saturated heterocycles. The molecule has 4 nitrogen and oxygen atoms in total. The highest BCUT2D eigenvalue weighted by atomic mass is 35.5. The molecule has 5 heteroatoms. The Kier molecular flexibility index (Phi) is 4.00. The lowest BCUT2D eigenvalue weighted by atomic mass is 9.92. The lowest BCUT2D eigenvalue weighted by molar-refractivity contribution is 0.169. The summed E-state index contributed by atoms with van der Waals surface area (Å²) in [5, 5.41) is 13.7. The van der Waals surface area contributed by atoms with E-state index in [4.69, 9.17) is 21.1 Å². The van der Waals surface area contributed by atoms with Crippen LogP contribution in [0.25, 0.3) is 0 Å². The summed E-state index contributed by atoms with van der Waals surface area (Å²) in [7, 11) is 1.79. The van der Waals surface area contributed by atoms with Crippen molar-refractivity contribution in [3.05, 3.63) is 22.2 Å². The van der Waals surface area contributed by atoms with Crippen molar-refractivity contribution in [2.45, 2.75) is 25.9 Å². The summed E-state index contributed by atoms with van der Waals surface area (Å²) in [5.74, 6) is 1.56. The highest BCUT2D eigenvalue weighted by molar-refractivity contribution is 6.31. The first-order chi connectivity index (χ1) is 8.56. The van der Waals surface area contributed by atoms with Crippen molar-refractivity contribution < 1.29 is 14.6 Å². The average Bonchev–Trinajstić information content (AvgIpc) is 2.74. The summed E-state index contributed by atoms with van der Waals surface area (Å²) >= 11 is 6.26. The number of rotatable bonds is 4. The monoisotopic (exact) mass is 271 g/mol. The third-order valence-electron chi connectivity index (χ3n) is 3.00. The second kappa shape index (κ2) is 5.34. The molecule has 1 atom stereocenters. The lowest BCUT2D eigenvalue weighted by Crippen LogP contribution is -2.18. The second-order valence-electron chi connectivity index (χ2n) is 4.65. The summed E-state index contributed by atoms with van der Waals surface area (Å²) in [6, 6.07) is 1.71. The molecule has 1 aromatic carbocycles. The molecule has 0 saturated carbocycles. The summed E-state index contributed by atoms with van der Waals surface area (Å²) < 4.78 is 10.9. The number of aliphatic hydroxyl groups is 1. The number of aliphatic hydroxyl groups excluding tert-OH is 1. The van der Waals surface area contributed by atoms with Gasteiger partial charge < -0.3 is 19.9 Å². The number of fused-ring (bicyclic) bond motifs is 1. The summed E-state index contributed by atoms with van der Waals surface area (Å²) in [4.78, 5) is 0. The van der Waals surface area contributed by atoms with Crippen molar-refractivity contribution in [3.8, 4) is 11.5 Å². The van der Waals surface area contributed by atoms with Gasteiger partial charge >= 0.3 is 0 Å². The highest BCUT2D eigenvalue weighted by Crippen LogP contribution is 2.46. The predicted octanol–water partition coefficient (Wildman–Crippen LogP) is 2.44. The van der Waals surface area contributed by atoms with Gasteiger partial charge in [-0.05, 0) is 13.0 Å². The van der Waals surface area contributed by atoms with Crippen LogP contribution in [0.1, 0.15) is 37.0 Å². The van der Waals surface area contributed by atoms with Gasteiger partial charge in [-0.2, -0.15) is 0 Å². The zero-order valence-corrected chi connectivity index (χ0v) is 11.5. The van der Waals surface area contributed by atoms with Crippen LogP contribution in [-0.4, -0.2) is 25.5 Å². The Labute approximate surface area is 112 Å². The van der Waals surface area contributed by atoms with E-state index in [0.717, 1.165) is 11.1 Å². The van der Waals surface area contributed by atoms with E-state index in [0.29, 0.717) is 23.1 Å². The molecule has 0 amide bonds.